The number of fused-ring (bicyclic) bond motifs is 1. The van der Waals surface area contributed by atoms with E-state index in [9.17, 15) is 4.79 Å². The maximum absolute atomic E-state index is 13.3. The summed E-state index contributed by atoms with van der Waals surface area (Å²) in [6.07, 6.45) is 3.60. The van der Waals surface area contributed by atoms with Gasteiger partial charge in [0, 0.05) is 29.7 Å². The van der Waals surface area contributed by atoms with Crippen LogP contribution < -0.4 is 20.1 Å². The van der Waals surface area contributed by atoms with Crippen LogP contribution in [-0.4, -0.2) is 24.1 Å². The van der Waals surface area contributed by atoms with Crippen LogP contribution in [0.15, 0.2) is 91.3 Å². The van der Waals surface area contributed by atoms with E-state index in [1.807, 2.05) is 98.9 Å². The summed E-state index contributed by atoms with van der Waals surface area (Å²) < 4.78 is 11.6. The number of hydrogen-bond donors (Lipinski definition) is 2. The molecule has 0 bridgehead atoms. The first kappa shape index (κ1) is 23.2. The minimum absolute atomic E-state index is 0.181. The number of benzene rings is 3. The van der Waals surface area contributed by atoms with E-state index in [-0.39, 0.29) is 5.91 Å². The molecule has 1 aliphatic rings. The van der Waals surface area contributed by atoms with E-state index < -0.39 is 0 Å². The second-order valence-corrected chi connectivity index (χ2v) is 8.22. The number of nitrogens with zero attached hydrogens (tertiary/aromatic N) is 1. The van der Waals surface area contributed by atoms with Crippen LogP contribution in [0.1, 0.15) is 25.0 Å². The summed E-state index contributed by atoms with van der Waals surface area (Å²) in [5.41, 5.74) is 6.61. The van der Waals surface area contributed by atoms with Crippen molar-refractivity contribution in [3.63, 3.8) is 0 Å². The van der Waals surface area contributed by atoms with Crippen molar-refractivity contribution in [3.8, 4) is 22.6 Å². The lowest BCUT2D eigenvalue weighted by molar-refractivity contribution is -0.110. The van der Waals surface area contributed by atoms with E-state index in [0.29, 0.717) is 41.7 Å². The van der Waals surface area contributed by atoms with E-state index in [0.717, 1.165) is 27.9 Å². The maximum atomic E-state index is 13.3. The van der Waals surface area contributed by atoms with Crippen molar-refractivity contribution in [3.05, 3.63) is 102 Å². The molecule has 0 fully saturated rings. The number of anilines is 2. The van der Waals surface area contributed by atoms with Gasteiger partial charge in [0.1, 0.15) is 0 Å². The van der Waals surface area contributed by atoms with Crippen LogP contribution in [0.25, 0.3) is 22.4 Å². The van der Waals surface area contributed by atoms with Crippen molar-refractivity contribution in [2.45, 2.75) is 13.8 Å². The minimum atomic E-state index is -0.181. The molecule has 0 radical (unpaired) electrons. The van der Waals surface area contributed by atoms with Crippen LogP contribution >= 0.6 is 0 Å². The first-order valence-corrected chi connectivity index (χ1v) is 12.0. The molecule has 0 atom stereocenters. The highest BCUT2D eigenvalue weighted by Gasteiger charge is 2.30. The quantitative estimate of drug-likeness (QED) is 0.284. The van der Waals surface area contributed by atoms with Gasteiger partial charge in [0.05, 0.1) is 30.2 Å². The Kier molecular flexibility index (Phi) is 6.67. The van der Waals surface area contributed by atoms with Gasteiger partial charge in [0.2, 0.25) is 0 Å². The largest absolute Gasteiger partial charge is 0.490 e. The number of rotatable bonds is 8. The number of carbonyl (C=O) groups is 1. The smallest absolute Gasteiger partial charge is 0.258 e. The topological polar surface area (TPSA) is 72.5 Å². The molecule has 0 aliphatic carbocycles. The number of carbonyl (C=O) groups excluding carboxylic acids is 1. The maximum Gasteiger partial charge on any atom is 0.258 e. The molecule has 2 N–H and O–H groups in total. The Bertz CT molecular complexity index is 1400. The van der Waals surface area contributed by atoms with E-state index in [1.165, 1.54) is 0 Å². The van der Waals surface area contributed by atoms with Crippen molar-refractivity contribution in [1.29, 1.82) is 0 Å². The predicted molar refractivity (Wildman–Crippen MR) is 144 cm³/mol. The average molecular weight is 478 g/mol. The van der Waals surface area contributed by atoms with Crippen LogP contribution in [0.3, 0.4) is 0 Å². The molecule has 1 aliphatic heterocycles. The molecule has 0 spiro atoms. The Morgan fingerprint density at radius 3 is 2.25 bits per heavy atom. The van der Waals surface area contributed by atoms with E-state index >= 15 is 0 Å². The molecule has 3 aromatic carbocycles. The molecule has 36 heavy (non-hydrogen) atoms. The molecule has 6 heteroatoms. The van der Waals surface area contributed by atoms with Crippen molar-refractivity contribution >= 4 is 28.6 Å². The van der Waals surface area contributed by atoms with Crippen molar-refractivity contribution in [2.75, 3.05) is 23.8 Å². The van der Waals surface area contributed by atoms with E-state index in [1.54, 1.807) is 6.20 Å². The van der Waals surface area contributed by atoms with Gasteiger partial charge in [-0.1, -0.05) is 48.5 Å². The summed E-state index contributed by atoms with van der Waals surface area (Å²) in [4.78, 5) is 17.5. The number of ether oxygens (including phenoxy) is 2. The zero-order valence-electron chi connectivity index (χ0n) is 20.2. The van der Waals surface area contributed by atoms with Gasteiger partial charge >= 0.3 is 0 Å². The Morgan fingerprint density at radius 1 is 0.861 bits per heavy atom. The van der Waals surface area contributed by atoms with Crippen molar-refractivity contribution in [1.82, 2.24) is 4.98 Å². The fourth-order valence-corrected chi connectivity index (χ4v) is 4.27. The van der Waals surface area contributed by atoms with Gasteiger partial charge in [-0.3, -0.25) is 9.78 Å². The zero-order chi connectivity index (χ0) is 24.9. The predicted octanol–water partition coefficient (Wildman–Crippen LogP) is 6.48. The number of nitrogens with one attached hydrogen (secondary N) is 2. The average Bonchev–Trinajstić information content (AvgIpc) is 3.23. The minimum Gasteiger partial charge on any atom is -0.490 e. The Hall–Kier alpha value is -4.58. The summed E-state index contributed by atoms with van der Waals surface area (Å²) in [5, 5.41) is 6.51. The van der Waals surface area contributed by atoms with Crippen LogP contribution in [0.2, 0.25) is 0 Å². The lowest BCUT2D eigenvalue weighted by Crippen LogP contribution is -2.10. The number of aromatic nitrogens is 1. The second kappa shape index (κ2) is 10.4. The summed E-state index contributed by atoms with van der Waals surface area (Å²) in [7, 11) is 0. The van der Waals surface area contributed by atoms with Crippen molar-refractivity contribution in [2.24, 2.45) is 0 Å². The van der Waals surface area contributed by atoms with Crippen LogP contribution in [0.5, 0.6) is 11.5 Å². The number of hydrogen-bond acceptors (Lipinski definition) is 5. The monoisotopic (exact) mass is 477 g/mol. The lowest BCUT2D eigenvalue weighted by atomic mass is 9.99. The molecule has 180 valence electrons. The first-order valence-electron chi connectivity index (χ1n) is 12.0. The molecule has 0 saturated heterocycles. The summed E-state index contributed by atoms with van der Waals surface area (Å²) in [6, 6.07) is 25.6. The van der Waals surface area contributed by atoms with E-state index in [2.05, 4.69) is 15.6 Å². The van der Waals surface area contributed by atoms with Crippen LogP contribution in [-0.2, 0) is 4.79 Å². The Balaban J connectivity index is 1.60. The first-order chi connectivity index (χ1) is 17.7. The Labute approximate surface area is 210 Å². The standard InChI is InChI=1S/C30H27N3O3/c1-3-35-26-17-24-25(18-27(26)36-4-2)33-30(34)28(24)29(21-9-6-5-7-10-21)32-23-14-12-20(13-15-23)22-11-8-16-31-19-22/h5-19,32H,3-4H2,1-2H3,(H,33,34). The van der Waals surface area contributed by atoms with Gasteiger partial charge in [-0.25, -0.2) is 0 Å². The fourth-order valence-electron chi connectivity index (χ4n) is 4.27. The van der Waals surface area contributed by atoms with Gasteiger partial charge in [0.25, 0.3) is 5.91 Å². The van der Waals surface area contributed by atoms with Crippen LogP contribution in [0.4, 0.5) is 11.4 Å². The molecule has 1 amide bonds. The van der Waals surface area contributed by atoms with Crippen LogP contribution in [0, 0.1) is 0 Å². The van der Waals surface area contributed by atoms with Gasteiger partial charge in [-0.05, 0) is 54.8 Å². The Morgan fingerprint density at radius 2 is 1.58 bits per heavy atom. The highest BCUT2D eigenvalue weighted by atomic mass is 16.5. The van der Waals surface area contributed by atoms with Gasteiger partial charge < -0.3 is 20.1 Å². The van der Waals surface area contributed by atoms with Crippen molar-refractivity contribution < 1.29 is 14.3 Å². The molecule has 4 aromatic rings. The molecule has 1 aromatic heterocycles. The fraction of sp³-hybridized carbons (Fsp3) is 0.133. The molecular weight excluding hydrogens is 450 g/mol. The van der Waals surface area contributed by atoms with E-state index in [4.69, 9.17) is 9.47 Å². The highest BCUT2D eigenvalue weighted by Crippen LogP contribution is 2.43. The second-order valence-electron chi connectivity index (χ2n) is 8.22. The molecule has 2 heterocycles. The summed E-state index contributed by atoms with van der Waals surface area (Å²) in [6.45, 7) is 4.84. The third-order valence-electron chi connectivity index (χ3n) is 5.89. The number of pyridine rings is 1. The zero-order valence-corrected chi connectivity index (χ0v) is 20.2. The SMILES string of the molecule is CCOc1cc2c(cc1OCC)C(=C(Nc1ccc(-c3cccnc3)cc1)c1ccccc1)C(=O)N2. The van der Waals surface area contributed by atoms with Gasteiger partial charge in [-0.15, -0.1) is 0 Å². The molecule has 0 unspecified atom stereocenters. The third kappa shape index (κ3) is 4.66. The molecule has 0 saturated carbocycles. The molecular formula is C30H27N3O3. The molecule has 5 rings (SSSR count). The third-order valence-corrected chi connectivity index (χ3v) is 5.89. The number of amides is 1. The van der Waals surface area contributed by atoms with Gasteiger partial charge in [0.15, 0.2) is 11.5 Å². The summed E-state index contributed by atoms with van der Waals surface area (Å²) >= 11 is 0. The summed E-state index contributed by atoms with van der Waals surface area (Å²) in [5.74, 6) is 1.04. The molecule has 6 nitrogen and oxygen atoms in total. The lowest BCUT2D eigenvalue weighted by Gasteiger charge is -2.16. The normalized spacial score (nSPS) is 13.6. The van der Waals surface area contributed by atoms with Gasteiger partial charge in [-0.2, -0.15) is 0 Å². The highest BCUT2D eigenvalue weighted by molar-refractivity contribution is 6.37.